The number of allylic oxidation sites excluding steroid dienone is 1. The average Bonchev–Trinajstić information content (AvgIpc) is 3.17. The van der Waals surface area contributed by atoms with Gasteiger partial charge in [-0.1, -0.05) is 25.5 Å². The number of rotatable bonds is 2. The van der Waals surface area contributed by atoms with E-state index in [1.54, 1.807) is 0 Å². The summed E-state index contributed by atoms with van der Waals surface area (Å²) < 4.78 is 0. The molecule has 0 amide bonds. The highest BCUT2D eigenvalue weighted by Gasteiger charge is 2.66. The summed E-state index contributed by atoms with van der Waals surface area (Å²) in [5.41, 5.74) is 1.55. The summed E-state index contributed by atoms with van der Waals surface area (Å²) >= 11 is 5.99. The van der Waals surface area contributed by atoms with Crippen molar-refractivity contribution in [3.05, 3.63) is 11.6 Å². The molecule has 1 spiro atoms. The standard InChI is InChI=1S/C24H36ClNO2/c1-22-7-5-17(27)13-16(22)3-4-18-19(22)6-8-23(2)20(18)14-24(21(23)28)9-11-26(15-24)12-10-25/h3,17-20,27H,4-15H2,1-2H3/t17-,18+,19-,20-,22-,23-,24+/m0/s1. The van der Waals surface area contributed by atoms with Crippen LogP contribution >= 0.6 is 11.6 Å². The summed E-state index contributed by atoms with van der Waals surface area (Å²) in [5, 5.41) is 10.2. The van der Waals surface area contributed by atoms with Crippen molar-refractivity contribution < 1.29 is 9.90 Å². The molecular weight excluding hydrogens is 370 g/mol. The van der Waals surface area contributed by atoms with Crippen LogP contribution in [0.4, 0.5) is 0 Å². The lowest BCUT2D eigenvalue weighted by molar-refractivity contribution is -0.137. The second kappa shape index (κ2) is 6.56. The number of nitrogens with zero attached hydrogens (tertiary/aromatic N) is 1. The Balaban J connectivity index is 1.45. The molecule has 4 heteroatoms. The number of halogens is 1. The Morgan fingerprint density at radius 3 is 2.75 bits per heavy atom. The number of aliphatic hydroxyl groups excluding tert-OH is 1. The minimum atomic E-state index is -0.146. The Bertz CT molecular complexity index is 707. The third kappa shape index (κ3) is 2.58. The molecule has 0 aromatic rings. The zero-order chi connectivity index (χ0) is 19.7. The van der Waals surface area contributed by atoms with E-state index in [4.69, 9.17) is 11.6 Å². The number of alkyl halides is 1. The molecule has 3 saturated carbocycles. The van der Waals surface area contributed by atoms with Crippen molar-refractivity contribution in [3.8, 4) is 0 Å². The molecule has 5 rings (SSSR count). The highest BCUT2D eigenvalue weighted by Crippen LogP contribution is 2.67. The van der Waals surface area contributed by atoms with Crippen molar-refractivity contribution in [1.29, 1.82) is 0 Å². The van der Waals surface area contributed by atoms with Crippen molar-refractivity contribution in [2.24, 2.45) is 34.0 Å². The number of ketones is 1. The molecule has 0 aromatic carbocycles. The van der Waals surface area contributed by atoms with E-state index < -0.39 is 0 Å². The fraction of sp³-hybridized carbons (Fsp3) is 0.875. The number of likely N-dealkylation sites (tertiary alicyclic amines) is 1. The van der Waals surface area contributed by atoms with Crippen LogP contribution < -0.4 is 0 Å². The topological polar surface area (TPSA) is 40.5 Å². The largest absolute Gasteiger partial charge is 0.393 e. The molecule has 3 nitrogen and oxygen atoms in total. The highest BCUT2D eigenvalue weighted by atomic mass is 35.5. The SMILES string of the molecule is C[C@]12CC[C@H](O)CC1=CC[C@@H]1[C@@H]2CC[C@]2(C)C(=O)[C@]3(CCN(CCCl)C3)C[C@@H]12. The van der Waals surface area contributed by atoms with Gasteiger partial charge >= 0.3 is 0 Å². The number of aliphatic hydroxyl groups is 1. The normalized spacial score (nSPS) is 51.0. The molecular formula is C24H36ClNO2. The van der Waals surface area contributed by atoms with Gasteiger partial charge in [-0.2, -0.15) is 0 Å². The first-order chi connectivity index (χ1) is 13.3. The van der Waals surface area contributed by atoms with Crippen molar-refractivity contribution >= 4 is 17.4 Å². The van der Waals surface area contributed by atoms with E-state index in [0.29, 0.717) is 29.4 Å². The predicted molar refractivity (Wildman–Crippen MR) is 112 cm³/mol. The summed E-state index contributed by atoms with van der Waals surface area (Å²) in [6.07, 6.45) is 10.8. The van der Waals surface area contributed by atoms with Crippen LogP contribution in [0, 0.1) is 34.0 Å². The molecule has 0 bridgehead atoms. The Morgan fingerprint density at radius 2 is 1.96 bits per heavy atom. The molecule has 4 aliphatic carbocycles. The van der Waals surface area contributed by atoms with E-state index in [9.17, 15) is 9.90 Å². The first-order valence-corrected chi connectivity index (χ1v) is 12.1. The van der Waals surface area contributed by atoms with Gasteiger partial charge in [0.2, 0.25) is 0 Å². The Labute approximate surface area is 174 Å². The third-order valence-corrected chi connectivity index (χ3v) is 10.1. The molecule has 1 aliphatic heterocycles. The van der Waals surface area contributed by atoms with Gasteiger partial charge in [0.15, 0.2) is 0 Å². The van der Waals surface area contributed by atoms with Gasteiger partial charge in [0.25, 0.3) is 0 Å². The van der Waals surface area contributed by atoms with E-state index in [2.05, 4.69) is 24.8 Å². The van der Waals surface area contributed by atoms with Gasteiger partial charge in [-0.15, -0.1) is 11.6 Å². The second-order valence-electron chi connectivity index (χ2n) is 11.1. The van der Waals surface area contributed by atoms with Gasteiger partial charge in [-0.25, -0.2) is 0 Å². The third-order valence-electron chi connectivity index (χ3n) is 9.91. The maximum atomic E-state index is 13.8. The maximum absolute atomic E-state index is 13.8. The van der Waals surface area contributed by atoms with Gasteiger partial charge in [0, 0.05) is 29.8 Å². The van der Waals surface area contributed by atoms with Gasteiger partial charge < -0.3 is 10.0 Å². The van der Waals surface area contributed by atoms with Crippen LogP contribution in [0.3, 0.4) is 0 Å². The molecule has 1 saturated heterocycles. The van der Waals surface area contributed by atoms with Crippen molar-refractivity contribution in [2.45, 2.75) is 71.3 Å². The number of carbonyl (C=O) groups is 1. The fourth-order valence-electron chi connectivity index (χ4n) is 8.36. The predicted octanol–water partition coefficient (Wildman–Crippen LogP) is 4.42. The average molecular weight is 406 g/mol. The van der Waals surface area contributed by atoms with E-state index in [1.165, 1.54) is 12.0 Å². The smallest absolute Gasteiger partial charge is 0.146 e. The number of carbonyl (C=O) groups excluding carboxylic acids is 1. The minimum Gasteiger partial charge on any atom is -0.393 e. The quantitative estimate of drug-likeness (QED) is 0.546. The molecule has 5 aliphatic rings. The van der Waals surface area contributed by atoms with Gasteiger partial charge in [0.1, 0.15) is 5.78 Å². The highest BCUT2D eigenvalue weighted by molar-refractivity contribution is 6.18. The first-order valence-electron chi connectivity index (χ1n) is 11.5. The molecule has 0 radical (unpaired) electrons. The molecule has 1 heterocycles. The lowest BCUT2D eigenvalue weighted by Crippen LogP contribution is -2.50. The molecule has 1 N–H and O–H groups in total. The van der Waals surface area contributed by atoms with Crippen molar-refractivity contribution in [3.63, 3.8) is 0 Å². The second-order valence-corrected chi connectivity index (χ2v) is 11.5. The van der Waals surface area contributed by atoms with Crippen LogP contribution in [-0.2, 0) is 4.79 Å². The number of hydrogen-bond acceptors (Lipinski definition) is 3. The molecule has 28 heavy (non-hydrogen) atoms. The van der Waals surface area contributed by atoms with Crippen molar-refractivity contribution in [1.82, 2.24) is 4.90 Å². The van der Waals surface area contributed by atoms with Crippen LogP contribution in [0.1, 0.15) is 65.2 Å². The first kappa shape index (κ1) is 19.6. The fourth-order valence-corrected chi connectivity index (χ4v) is 8.60. The maximum Gasteiger partial charge on any atom is 0.146 e. The number of fused-ring (bicyclic) bond motifs is 5. The monoisotopic (exact) mass is 405 g/mol. The Hall–Kier alpha value is -0.380. The van der Waals surface area contributed by atoms with E-state index >= 15 is 0 Å². The lowest BCUT2D eigenvalue weighted by atomic mass is 9.48. The molecule has 7 atom stereocenters. The van der Waals surface area contributed by atoms with Gasteiger partial charge in [-0.3, -0.25) is 4.79 Å². The number of hydrogen-bond donors (Lipinski definition) is 1. The van der Waals surface area contributed by atoms with Crippen LogP contribution in [0.25, 0.3) is 0 Å². The van der Waals surface area contributed by atoms with E-state index in [0.717, 1.165) is 64.6 Å². The molecule has 0 aromatic heterocycles. The summed E-state index contributed by atoms with van der Waals surface area (Å²) in [6, 6.07) is 0. The molecule has 4 fully saturated rings. The van der Waals surface area contributed by atoms with Gasteiger partial charge in [-0.05, 0) is 81.1 Å². The summed E-state index contributed by atoms with van der Waals surface area (Å²) in [4.78, 5) is 16.2. The Kier molecular flexibility index (Phi) is 4.58. The van der Waals surface area contributed by atoms with Crippen LogP contribution in [0.5, 0.6) is 0 Å². The van der Waals surface area contributed by atoms with Crippen molar-refractivity contribution in [2.75, 3.05) is 25.5 Å². The van der Waals surface area contributed by atoms with E-state index in [-0.39, 0.29) is 22.3 Å². The summed E-state index contributed by atoms with van der Waals surface area (Å²) in [6.45, 7) is 7.66. The summed E-state index contributed by atoms with van der Waals surface area (Å²) in [5.74, 6) is 3.12. The van der Waals surface area contributed by atoms with Gasteiger partial charge in [0.05, 0.1) is 6.10 Å². The van der Waals surface area contributed by atoms with Crippen LogP contribution in [0.2, 0.25) is 0 Å². The lowest BCUT2D eigenvalue weighted by Gasteiger charge is -2.56. The van der Waals surface area contributed by atoms with Crippen LogP contribution in [0.15, 0.2) is 11.6 Å². The van der Waals surface area contributed by atoms with E-state index in [1.807, 2.05) is 0 Å². The Morgan fingerprint density at radius 1 is 1.18 bits per heavy atom. The van der Waals surface area contributed by atoms with Crippen LogP contribution in [-0.4, -0.2) is 47.4 Å². The zero-order valence-electron chi connectivity index (χ0n) is 17.6. The molecule has 0 unspecified atom stereocenters. The summed E-state index contributed by atoms with van der Waals surface area (Å²) in [7, 11) is 0. The zero-order valence-corrected chi connectivity index (χ0v) is 18.3. The minimum absolute atomic E-state index is 0.103. The number of Topliss-reactive ketones (excluding diaryl/α,β-unsaturated/α-hetero) is 1. The molecule has 156 valence electrons.